The molecule has 6 nitrogen and oxygen atoms in total. The Morgan fingerprint density at radius 3 is 2.90 bits per heavy atom. The first-order chi connectivity index (χ1) is 10.0. The number of ether oxygens (including phenoxy) is 1. The van der Waals surface area contributed by atoms with E-state index in [0.29, 0.717) is 12.5 Å². The molecule has 1 saturated heterocycles. The second kappa shape index (κ2) is 7.02. The summed E-state index contributed by atoms with van der Waals surface area (Å²) in [6.45, 7) is 9.51. The first-order valence-corrected chi connectivity index (χ1v) is 7.78. The van der Waals surface area contributed by atoms with Crippen LogP contribution in [-0.2, 0) is 16.1 Å². The van der Waals surface area contributed by atoms with Crippen molar-refractivity contribution in [1.29, 1.82) is 0 Å². The van der Waals surface area contributed by atoms with Gasteiger partial charge in [0, 0.05) is 12.6 Å². The van der Waals surface area contributed by atoms with Crippen LogP contribution in [0.5, 0.6) is 0 Å². The molecule has 2 heterocycles. The van der Waals surface area contributed by atoms with Gasteiger partial charge in [0.25, 0.3) is 0 Å². The molecule has 1 aliphatic heterocycles. The number of hydrogen-bond acceptors (Lipinski definition) is 4. The van der Waals surface area contributed by atoms with Crippen molar-refractivity contribution < 1.29 is 9.53 Å². The molecular weight excluding hydrogens is 268 g/mol. The smallest absolute Gasteiger partial charge is 0.226 e. The SMILES string of the molecule is CC(C)[C@@H]1OCCC[C@H]1C(=O)NCc1nncn1C(C)C. The van der Waals surface area contributed by atoms with Gasteiger partial charge in [-0.3, -0.25) is 4.79 Å². The van der Waals surface area contributed by atoms with Gasteiger partial charge in [0.1, 0.15) is 6.33 Å². The van der Waals surface area contributed by atoms with E-state index < -0.39 is 0 Å². The molecule has 0 aliphatic carbocycles. The topological polar surface area (TPSA) is 69.0 Å². The van der Waals surface area contributed by atoms with Crippen LogP contribution in [0.4, 0.5) is 0 Å². The van der Waals surface area contributed by atoms with Crippen molar-refractivity contribution in [1.82, 2.24) is 20.1 Å². The lowest BCUT2D eigenvalue weighted by molar-refractivity contribution is -0.137. The van der Waals surface area contributed by atoms with Crippen molar-refractivity contribution >= 4 is 5.91 Å². The molecule has 1 fully saturated rings. The summed E-state index contributed by atoms with van der Waals surface area (Å²) in [5, 5.41) is 11.0. The Hall–Kier alpha value is -1.43. The minimum atomic E-state index is -0.0610. The van der Waals surface area contributed by atoms with E-state index in [1.54, 1.807) is 6.33 Å². The summed E-state index contributed by atoms with van der Waals surface area (Å²) in [6.07, 6.45) is 3.56. The van der Waals surface area contributed by atoms with Gasteiger partial charge in [0.2, 0.25) is 5.91 Å². The summed E-state index contributed by atoms with van der Waals surface area (Å²) in [6, 6.07) is 0.285. The van der Waals surface area contributed by atoms with Gasteiger partial charge in [0.15, 0.2) is 5.82 Å². The van der Waals surface area contributed by atoms with Crippen LogP contribution in [0, 0.1) is 11.8 Å². The summed E-state index contributed by atoms with van der Waals surface area (Å²) in [5.41, 5.74) is 0. The molecule has 1 amide bonds. The zero-order chi connectivity index (χ0) is 15.4. The van der Waals surface area contributed by atoms with E-state index in [-0.39, 0.29) is 24.0 Å². The Bertz CT molecular complexity index is 470. The Morgan fingerprint density at radius 1 is 1.48 bits per heavy atom. The normalized spacial score (nSPS) is 22.8. The standard InChI is InChI=1S/C15H26N4O2/c1-10(2)14-12(6-5-7-21-14)15(20)16-8-13-18-17-9-19(13)11(3)4/h9-12,14H,5-8H2,1-4H3,(H,16,20)/t12-,14+/m1/s1. The van der Waals surface area contributed by atoms with Crippen LogP contribution < -0.4 is 5.32 Å². The Labute approximate surface area is 126 Å². The second-order valence-electron chi connectivity index (χ2n) is 6.29. The number of aromatic nitrogens is 3. The maximum absolute atomic E-state index is 12.4. The molecule has 0 spiro atoms. The minimum Gasteiger partial charge on any atom is -0.377 e. The average Bonchev–Trinajstić information content (AvgIpc) is 2.93. The Kier molecular flexibility index (Phi) is 5.33. The first-order valence-electron chi connectivity index (χ1n) is 7.78. The summed E-state index contributed by atoms with van der Waals surface area (Å²) in [7, 11) is 0. The van der Waals surface area contributed by atoms with Crippen molar-refractivity contribution in [3.8, 4) is 0 Å². The van der Waals surface area contributed by atoms with Gasteiger partial charge < -0.3 is 14.6 Å². The number of hydrogen-bond donors (Lipinski definition) is 1. The van der Waals surface area contributed by atoms with Gasteiger partial charge in [-0.1, -0.05) is 13.8 Å². The largest absolute Gasteiger partial charge is 0.377 e. The quantitative estimate of drug-likeness (QED) is 0.901. The van der Waals surface area contributed by atoms with Crippen molar-refractivity contribution in [2.75, 3.05) is 6.61 Å². The van der Waals surface area contributed by atoms with E-state index in [0.717, 1.165) is 25.3 Å². The van der Waals surface area contributed by atoms with Crippen LogP contribution in [0.3, 0.4) is 0 Å². The first kappa shape index (κ1) is 15.9. The second-order valence-corrected chi connectivity index (χ2v) is 6.29. The molecule has 1 aliphatic rings. The van der Waals surface area contributed by atoms with E-state index in [1.807, 2.05) is 4.57 Å². The zero-order valence-corrected chi connectivity index (χ0v) is 13.4. The van der Waals surface area contributed by atoms with E-state index >= 15 is 0 Å². The summed E-state index contributed by atoms with van der Waals surface area (Å²) in [4.78, 5) is 12.4. The molecule has 2 rings (SSSR count). The molecule has 1 aromatic rings. The molecule has 1 aromatic heterocycles. The third-order valence-electron chi connectivity index (χ3n) is 3.98. The fraction of sp³-hybridized carbons (Fsp3) is 0.800. The van der Waals surface area contributed by atoms with Crippen molar-refractivity contribution in [3.63, 3.8) is 0 Å². The third kappa shape index (κ3) is 3.81. The van der Waals surface area contributed by atoms with Gasteiger partial charge in [-0.2, -0.15) is 0 Å². The van der Waals surface area contributed by atoms with Crippen molar-refractivity contribution in [2.45, 2.75) is 59.2 Å². The van der Waals surface area contributed by atoms with Crippen molar-refractivity contribution in [3.05, 3.63) is 12.2 Å². The van der Waals surface area contributed by atoms with E-state index in [2.05, 4.69) is 43.2 Å². The number of amides is 1. The summed E-state index contributed by atoms with van der Waals surface area (Å²) < 4.78 is 7.75. The molecule has 0 aromatic carbocycles. The highest BCUT2D eigenvalue weighted by atomic mass is 16.5. The maximum Gasteiger partial charge on any atom is 0.226 e. The lowest BCUT2D eigenvalue weighted by Crippen LogP contribution is -2.43. The lowest BCUT2D eigenvalue weighted by Gasteiger charge is -2.33. The van der Waals surface area contributed by atoms with Gasteiger partial charge in [-0.05, 0) is 32.6 Å². The third-order valence-corrected chi connectivity index (χ3v) is 3.98. The van der Waals surface area contributed by atoms with Crippen LogP contribution in [0.2, 0.25) is 0 Å². The summed E-state index contributed by atoms with van der Waals surface area (Å²) >= 11 is 0. The Balaban J connectivity index is 1.95. The summed E-state index contributed by atoms with van der Waals surface area (Å²) in [5.74, 6) is 1.14. The van der Waals surface area contributed by atoms with Gasteiger partial charge in [0.05, 0.1) is 18.6 Å². The monoisotopic (exact) mass is 294 g/mol. The van der Waals surface area contributed by atoms with Gasteiger partial charge in [-0.25, -0.2) is 0 Å². The highest BCUT2D eigenvalue weighted by Crippen LogP contribution is 2.26. The van der Waals surface area contributed by atoms with Crippen LogP contribution in [0.1, 0.15) is 52.4 Å². The Morgan fingerprint density at radius 2 is 2.24 bits per heavy atom. The molecule has 1 N–H and O–H groups in total. The molecule has 21 heavy (non-hydrogen) atoms. The molecule has 118 valence electrons. The van der Waals surface area contributed by atoms with Crippen molar-refractivity contribution in [2.24, 2.45) is 11.8 Å². The van der Waals surface area contributed by atoms with Gasteiger partial charge >= 0.3 is 0 Å². The molecule has 2 atom stereocenters. The number of nitrogens with one attached hydrogen (secondary N) is 1. The van der Waals surface area contributed by atoms with Crippen LogP contribution in [-0.4, -0.2) is 33.4 Å². The van der Waals surface area contributed by atoms with Gasteiger partial charge in [-0.15, -0.1) is 10.2 Å². The van der Waals surface area contributed by atoms with Crippen LogP contribution in [0.15, 0.2) is 6.33 Å². The van der Waals surface area contributed by atoms with Crippen LogP contribution >= 0.6 is 0 Å². The van der Waals surface area contributed by atoms with E-state index in [4.69, 9.17) is 4.74 Å². The molecule has 0 bridgehead atoms. The van der Waals surface area contributed by atoms with E-state index in [1.165, 1.54) is 0 Å². The fourth-order valence-electron chi connectivity index (χ4n) is 2.86. The predicted octanol–water partition coefficient (Wildman–Crippen LogP) is 1.93. The zero-order valence-electron chi connectivity index (χ0n) is 13.4. The molecular formula is C15H26N4O2. The number of nitrogens with zero attached hydrogens (tertiary/aromatic N) is 3. The predicted molar refractivity (Wildman–Crippen MR) is 79.6 cm³/mol. The average molecular weight is 294 g/mol. The fourth-order valence-corrected chi connectivity index (χ4v) is 2.86. The van der Waals surface area contributed by atoms with E-state index in [9.17, 15) is 4.79 Å². The highest BCUT2D eigenvalue weighted by molar-refractivity contribution is 5.79. The number of carbonyl (C=O) groups is 1. The minimum absolute atomic E-state index is 0.0155. The molecule has 0 unspecified atom stereocenters. The molecule has 0 radical (unpaired) electrons. The lowest BCUT2D eigenvalue weighted by atomic mass is 9.87. The number of carbonyl (C=O) groups excluding carboxylic acids is 1. The van der Waals surface area contributed by atoms with Crippen LogP contribution in [0.25, 0.3) is 0 Å². The maximum atomic E-state index is 12.4. The molecule has 0 saturated carbocycles. The highest BCUT2D eigenvalue weighted by Gasteiger charge is 2.33. The molecule has 6 heteroatoms. The number of rotatable bonds is 5.